The van der Waals surface area contributed by atoms with Crippen LogP contribution in [0.1, 0.15) is 0 Å². The molecule has 5 nitrogen and oxygen atoms in total. The van der Waals surface area contributed by atoms with Gasteiger partial charge in [-0.15, -0.1) is 0 Å². The number of nitrogens with one attached hydrogen (secondary N) is 1. The number of halogens is 2. The third kappa shape index (κ3) is 2.96. The first kappa shape index (κ1) is 16.4. The van der Waals surface area contributed by atoms with Gasteiger partial charge in [-0.3, -0.25) is 9.59 Å². The van der Waals surface area contributed by atoms with Gasteiger partial charge in [0, 0.05) is 16.8 Å². The smallest absolute Gasteiger partial charge is 0.283 e. The van der Waals surface area contributed by atoms with Crippen molar-refractivity contribution < 1.29 is 14.3 Å². The average molecular weight is 363 g/mol. The van der Waals surface area contributed by atoms with Crippen molar-refractivity contribution in [1.29, 1.82) is 0 Å². The van der Waals surface area contributed by atoms with E-state index in [1.54, 1.807) is 48.5 Å². The average Bonchev–Trinajstić information content (AvgIpc) is 2.80. The number of rotatable bonds is 4. The summed E-state index contributed by atoms with van der Waals surface area (Å²) >= 11 is 11.9. The molecule has 0 bridgehead atoms. The molecule has 0 aliphatic carbocycles. The second-order valence-corrected chi connectivity index (χ2v) is 5.78. The van der Waals surface area contributed by atoms with Crippen molar-refractivity contribution >= 4 is 46.4 Å². The number of methoxy groups -OCH3 is 1. The van der Waals surface area contributed by atoms with Gasteiger partial charge in [0.2, 0.25) is 0 Å². The molecule has 1 aliphatic rings. The van der Waals surface area contributed by atoms with E-state index in [1.807, 2.05) is 0 Å². The second kappa shape index (κ2) is 6.55. The monoisotopic (exact) mass is 362 g/mol. The summed E-state index contributed by atoms with van der Waals surface area (Å²) in [6.45, 7) is 0. The van der Waals surface area contributed by atoms with E-state index < -0.39 is 11.8 Å². The maximum absolute atomic E-state index is 12.6. The van der Waals surface area contributed by atoms with Crippen molar-refractivity contribution in [3.63, 3.8) is 0 Å². The van der Waals surface area contributed by atoms with E-state index in [2.05, 4.69) is 5.32 Å². The third-order valence-electron chi connectivity index (χ3n) is 3.45. The van der Waals surface area contributed by atoms with Crippen molar-refractivity contribution in [2.45, 2.75) is 0 Å². The molecule has 0 spiro atoms. The lowest BCUT2D eigenvalue weighted by Gasteiger charge is -2.15. The Hall–Kier alpha value is -2.50. The van der Waals surface area contributed by atoms with Crippen LogP contribution in [0.2, 0.25) is 5.02 Å². The number of carbonyl (C=O) groups excluding carboxylic acids is 2. The molecule has 1 heterocycles. The fraction of sp³-hybridized carbons (Fsp3) is 0.0588. The highest BCUT2D eigenvalue weighted by Crippen LogP contribution is 2.31. The first-order valence-electron chi connectivity index (χ1n) is 6.96. The molecule has 0 aromatic heterocycles. The van der Waals surface area contributed by atoms with Crippen LogP contribution in [-0.2, 0) is 9.59 Å². The molecule has 2 aromatic carbocycles. The van der Waals surface area contributed by atoms with Crippen LogP contribution in [0.15, 0.2) is 59.3 Å². The Kier molecular flexibility index (Phi) is 4.46. The largest absolute Gasteiger partial charge is 0.497 e. The predicted octanol–water partition coefficient (Wildman–Crippen LogP) is 3.78. The zero-order chi connectivity index (χ0) is 17.3. The summed E-state index contributed by atoms with van der Waals surface area (Å²) in [4.78, 5) is 26.0. The van der Waals surface area contributed by atoms with Gasteiger partial charge in [-0.05, 0) is 36.4 Å². The van der Waals surface area contributed by atoms with Crippen LogP contribution in [0, 0.1) is 0 Å². The first-order valence-corrected chi connectivity index (χ1v) is 7.72. The molecule has 3 rings (SSSR count). The normalized spacial score (nSPS) is 14.4. The summed E-state index contributed by atoms with van der Waals surface area (Å²) in [7, 11) is 1.54. The minimum Gasteiger partial charge on any atom is -0.497 e. The standard InChI is InChI=1S/C17H12Cl2N2O3/c1-24-13-4-2-3-11(9-13)20-15-14(19)16(22)21(17(15)23)12-7-5-10(18)6-8-12/h2-9,20H,1H3. The van der Waals surface area contributed by atoms with Gasteiger partial charge in [-0.25, -0.2) is 4.90 Å². The van der Waals surface area contributed by atoms with Gasteiger partial charge in [0.1, 0.15) is 16.5 Å². The highest BCUT2D eigenvalue weighted by atomic mass is 35.5. The van der Waals surface area contributed by atoms with Crippen LogP contribution < -0.4 is 15.0 Å². The minimum atomic E-state index is -0.589. The number of nitrogens with zero attached hydrogens (tertiary/aromatic N) is 1. The molecule has 0 saturated heterocycles. The van der Waals surface area contributed by atoms with E-state index in [0.717, 1.165) is 4.90 Å². The van der Waals surface area contributed by atoms with Crippen molar-refractivity contribution in [1.82, 2.24) is 0 Å². The van der Waals surface area contributed by atoms with E-state index in [4.69, 9.17) is 27.9 Å². The SMILES string of the molecule is COc1cccc(NC2=C(Cl)C(=O)N(c3ccc(Cl)cc3)C2=O)c1. The molecule has 122 valence electrons. The molecule has 24 heavy (non-hydrogen) atoms. The van der Waals surface area contributed by atoms with Crippen molar-refractivity contribution in [2.75, 3.05) is 17.3 Å². The fourth-order valence-electron chi connectivity index (χ4n) is 2.28. The van der Waals surface area contributed by atoms with E-state index in [0.29, 0.717) is 22.1 Å². The summed E-state index contributed by atoms with van der Waals surface area (Å²) in [5.74, 6) is -0.507. The maximum atomic E-state index is 12.6. The molecule has 2 aromatic rings. The Labute approximate surface area is 148 Å². The van der Waals surface area contributed by atoms with Gasteiger partial charge in [-0.2, -0.15) is 0 Å². The number of benzene rings is 2. The van der Waals surface area contributed by atoms with Crippen LogP contribution in [0.4, 0.5) is 11.4 Å². The van der Waals surface area contributed by atoms with E-state index >= 15 is 0 Å². The van der Waals surface area contributed by atoms with Crippen LogP contribution >= 0.6 is 23.2 Å². The predicted molar refractivity (Wildman–Crippen MR) is 93.4 cm³/mol. The quantitative estimate of drug-likeness (QED) is 0.840. The topological polar surface area (TPSA) is 58.6 Å². The van der Waals surface area contributed by atoms with Gasteiger partial charge in [-0.1, -0.05) is 29.3 Å². The molecule has 0 radical (unpaired) electrons. The van der Waals surface area contributed by atoms with Gasteiger partial charge >= 0.3 is 0 Å². The summed E-state index contributed by atoms with van der Waals surface area (Å²) < 4.78 is 5.13. The van der Waals surface area contributed by atoms with Gasteiger partial charge in [0.15, 0.2) is 0 Å². The Morgan fingerprint density at radius 3 is 2.38 bits per heavy atom. The molecule has 1 N–H and O–H groups in total. The number of amides is 2. The maximum Gasteiger partial charge on any atom is 0.283 e. The molecule has 0 atom stereocenters. The van der Waals surface area contributed by atoms with E-state index in [9.17, 15) is 9.59 Å². The lowest BCUT2D eigenvalue weighted by atomic mass is 10.2. The Bertz CT molecular complexity index is 847. The Morgan fingerprint density at radius 1 is 1.00 bits per heavy atom. The van der Waals surface area contributed by atoms with Crippen molar-refractivity contribution in [3.8, 4) is 5.75 Å². The highest BCUT2D eigenvalue weighted by Gasteiger charge is 2.38. The van der Waals surface area contributed by atoms with E-state index in [1.165, 1.54) is 7.11 Å². The van der Waals surface area contributed by atoms with Crippen LogP contribution in [-0.4, -0.2) is 18.9 Å². The summed E-state index contributed by atoms with van der Waals surface area (Å²) in [6.07, 6.45) is 0. The number of ether oxygens (including phenoxy) is 1. The number of carbonyl (C=O) groups is 2. The molecular formula is C17H12Cl2N2O3. The highest BCUT2D eigenvalue weighted by molar-refractivity contribution is 6.53. The lowest BCUT2D eigenvalue weighted by Crippen LogP contribution is -2.32. The molecule has 1 aliphatic heterocycles. The Balaban J connectivity index is 1.90. The number of anilines is 2. The fourth-order valence-corrected chi connectivity index (χ4v) is 2.62. The lowest BCUT2D eigenvalue weighted by molar-refractivity contribution is -0.120. The molecule has 0 unspecified atom stereocenters. The molecule has 0 saturated carbocycles. The van der Waals surface area contributed by atoms with E-state index in [-0.39, 0.29) is 10.7 Å². The molecule has 2 amide bonds. The van der Waals surface area contributed by atoms with Gasteiger partial charge < -0.3 is 10.1 Å². The third-order valence-corrected chi connectivity index (χ3v) is 4.05. The van der Waals surface area contributed by atoms with Crippen LogP contribution in [0.5, 0.6) is 5.75 Å². The molecule has 0 fully saturated rings. The summed E-state index contributed by atoms with van der Waals surface area (Å²) in [5, 5.41) is 3.22. The van der Waals surface area contributed by atoms with Crippen LogP contribution in [0.3, 0.4) is 0 Å². The van der Waals surface area contributed by atoms with Crippen molar-refractivity contribution in [2.24, 2.45) is 0 Å². The number of hydrogen-bond donors (Lipinski definition) is 1. The Morgan fingerprint density at radius 2 is 1.71 bits per heavy atom. The zero-order valence-electron chi connectivity index (χ0n) is 12.5. The summed E-state index contributed by atoms with van der Waals surface area (Å²) in [5.41, 5.74) is 1.00. The van der Waals surface area contributed by atoms with Gasteiger partial charge in [0.25, 0.3) is 11.8 Å². The zero-order valence-corrected chi connectivity index (χ0v) is 14.1. The second-order valence-electron chi connectivity index (χ2n) is 4.97. The molecular weight excluding hydrogens is 351 g/mol. The number of hydrogen-bond acceptors (Lipinski definition) is 4. The molecule has 7 heteroatoms. The summed E-state index contributed by atoms with van der Waals surface area (Å²) in [6, 6.07) is 13.3. The first-order chi connectivity index (χ1) is 11.5. The number of imide groups is 1. The van der Waals surface area contributed by atoms with Crippen molar-refractivity contribution in [3.05, 3.63) is 64.3 Å². The van der Waals surface area contributed by atoms with Crippen LogP contribution in [0.25, 0.3) is 0 Å². The minimum absolute atomic E-state index is 0.0184. The van der Waals surface area contributed by atoms with Gasteiger partial charge in [0.05, 0.1) is 12.8 Å².